The van der Waals surface area contributed by atoms with Gasteiger partial charge in [-0.2, -0.15) is 0 Å². The molecule has 0 saturated carbocycles. The Morgan fingerprint density at radius 1 is 0.824 bits per heavy atom. The predicted octanol–water partition coefficient (Wildman–Crippen LogP) is 3.77. The van der Waals surface area contributed by atoms with Gasteiger partial charge in [-0.3, -0.25) is 19.1 Å². The number of amides is 1. The van der Waals surface area contributed by atoms with Crippen molar-refractivity contribution in [2.75, 3.05) is 27.9 Å². The first-order valence-electron chi connectivity index (χ1n) is 16.3. The summed E-state index contributed by atoms with van der Waals surface area (Å²) in [6.45, 7) is 0.00947. The smallest absolute Gasteiger partial charge is 0.330 e. The van der Waals surface area contributed by atoms with E-state index in [2.05, 4.69) is 10.3 Å². The van der Waals surface area contributed by atoms with Gasteiger partial charge in [-0.1, -0.05) is 84.9 Å². The first-order valence-corrected chi connectivity index (χ1v) is 16.3. The molecule has 4 unspecified atom stereocenters. The van der Waals surface area contributed by atoms with Crippen LogP contribution in [-0.2, 0) is 26.4 Å². The Bertz CT molecular complexity index is 1980. The van der Waals surface area contributed by atoms with Crippen LogP contribution in [0.5, 0.6) is 11.5 Å². The summed E-state index contributed by atoms with van der Waals surface area (Å²) >= 11 is 0. The van der Waals surface area contributed by atoms with E-state index in [1.807, 2.05) is 109 Å². The summed E-state index contributed by atoms with van der Waals surface area (Å²) in [5.74, 6) is 0.637. The number of carbonyl (C=O) groups excluding carboxylic acids is 1. The van der Waals surface area contributed by atoms with Crippen molar-refractivity contribution in [2.24, 2.45) is 0 Å². The van der Waals surface area contributed by atoms with Crippen molar-refractivity contribution in [3.8, 4) is 11.5 Å². The van der Waals surface area contributed by atoms with E-state index in [1.54, 1.807) is 14.2 Å². The number of nitrogens with one attached hydrogen (secondary N) is 2. The number of methoxy groups -OCH3 is 3. The summed E-state index contributed by atoms with van der Waals surface area (Å²) in [5, 5.41) is 14.2. The van der Waals surface area contributed by atoms with Gasteiger partial charge in [0.25, 0.3) is 11.5 Å². The number of aromatic nitrogens is 2. The fourth-order valence-electron chi connectivity index (χ4n) is 6.33. The highest BCUT2D eigenvalue weighted by Crippen LogP contribution is 2.43. The monoisotopic (exact) mass is 693 g/mol. The summed E-state index contributed by atoms with van der Waals surface area (Å²) in [7, 11) is 4.56. The third-order valence-electron chi connectivity index (χ3n) is 9.00. The van der Waals surface area contributed by atoms with Gasteiger partial charge in [0, 0.05) is 19.9 Å². The molecule has 264 valence electrons. The summed E-state index contributed by atoms with van der Waals surface area (Å²) in [6.07, 6.45) is -3.42. The maximum Gasteiger partial charge on any atom is 0.330 e. The van der Waals surface area contributed by atoms with Gasteiger partial charge in [-0.15, -0.1) is 0 Å². The Hall–Kier alpha value is -5.53. The van der Waals surface area contributed by atoms with E-state index in [9.17, 15) is 19.5 Å². The van der Waals surface area contributed by atoms with Crippen LogP contribution in [0.4, 0.5) is 0 Å². The average Bonchev–Trinajstić information content (AvgIpc) is 3.49. The highest BCUT2D eigenvalue weighted by molar-refractivity contribution is 5.93. The van der Waals surface area contributed by atoms with E-state index < -0.39 is 47.3 Å². The number of aromatic amines is 1. The van der Waals surface area contributed by atoms with E-state index >= 15 is 0 Å². The van der Waals surface area contributed by atoms with Crippen LogP contribution in [0.3, 0.4) is 0 Å². The number of ether oxygens (including phenoxy) is 5. The number of hydrogen-bond acceptors (Lipinski definition) is 9. The van der Waals surface area contributed by atoms with Gasteiger partial charge in [-0.05, 0) is 46.5 Å². The molecule has 4 aromatic carbocycles. The molecule has 51 heavy (non-hydrogen) atoms. The van der Waals surface area contributed by atoms with Crippen molar-refractivity contribution < 1.29 is 33.6 Å². The van der Waals surface area contributed by atoms with E-state index in [0.717, 1.165) is 33.0 Å². The fourth-order valence-corrected chi connectivity index (χ4v) is 6.33. The first kappa shape index (κ1) is 35.3. The van der Waals surface area contributed by atoms with Crippen LogP contribution in [0.2, 0.25) is 0 Å². The van der Waals surface area contributed by atoms with Gasteiger partial charge in [0.15, 0.2) is 6.23 Å². The summed E-state index contributed by atoms with van der Waals surface area (Å²) in [4.78, 5) is 41.2. The lowest BCUT2D eigenvalue weighted by atomic mass is 9.80. The zero-order valence-corrected chi connectivity index (χ0v) is 28.4. The zero-order valence-electron chi connectivity index (χ0n) is 28.4. The molecule has 1 saturated heterocycles. The Labute approximate surface area is 294 Å². The van der Waals surface area contributed by atoms with Crippen LogP contribution in [-0.4, -0.2) is 66.8 Å². The lowest BCUT2D eigenvalue weighted by Crippen LogP contribution is -2.42. The Kier molecular flexibility index (Phi) is 10.8. The molecule has 1 aliphatic rings. The molecule has 12 heteroatoms. The zero-order chi connectivity index (χ0) is 36.0. The standard InChI is InChI=1S/C39H39N3O9/c1-47-29-18-14-27(15-19-29)39(26-12-8-5-9-13-26,28-16-20-30(48-2)21-17-28)50-24-32-33(43)34(49-3)37(51-32)42-23-31(36(45)41-38(42)46)35(44)40-22-25-10-6-4-7-11-25/h4-21,23,32-34,37,43H,22,24H2,1-3H3,(H,40,44)(H,41,45,46). The van der Waals surface area contributed by atoms with E-state index in [0.29, 0.717) is 11.5 Å². The lowest BCUT2D eigenvalue weighted by molar-refractivity contribution is -0.0967. The molecule has 1 amide bonds. The number of hydrogen-bond donors (Lipinski definition) is 3. The molecule has 5 aromatic rings. The maximum absolute atomic E-state index is 13.1. The molecule has 2 heterocycles. The van der Waals surface area contributed by atoms with Crippen molar-refractivity contribution in [3.63, 3.8) is 0 Å². The van der Waals surface area contributed by atoms with Crippen LogP contribution in [0.25, 0.3) is 0 Å². The van der Waals surface area contributed by atoms with E-state index in [-0.39, 0.29) is 18.7 Å². The normalized spacial score (nSPS) is 18.7. The Morgan fingerprint density at radius 2 is 1.37 bits per heavy atom. The fraction of sp³-hybridized carbons (Fsp3) is 0.256. The molecule has 1 aromatic heterocycles. The highest BCUT2D eigenvalue weighted by atomic mass is 16.6. The van der Waals surface area contributed by atoms with Gasteiger partial charge in [-0.25, -0.2) is 4.79 Å². The Balaban J connectivity index is 1.33. The molecular weight excluding hydrogens is 654 g/mol. The van der Waals surface area contributed by atoms with Crippen molar-refractivity contribution in [1.29, 1.82) is 0 Å². The molecule has 0 radical (unpaired) electrons. The summed E-state index contributed by atoms with van der Waals surface area (Å²) in [6, 6.07) is 33.8. The molecule has 1 fully saturated rings. The number of H-pyrrole nitrogens is 1. The molecule has 4 atom stereocenters. The SMILES string of the molecule is COc1ccc(C(OCC2OC(n3cc(C(=O)NCc4ccccc4)c(=O)[nH]c3=O)C(OC)C2O)(c2ccccc2)c2ccc(OC)cc2)cc1. The first-order chi connectivity index (χ1) is 24.8. The molecular formula is C39H39N3O9. The maximum atomic E-state index is 13.1. The van der Waals surface area contributed by atoms with Gasteiger partial charge < -0.3 is 34.1 Å². The third kappa shape index (κ3) is 7.21. The van der Waals surface area contributed by atoms with Gasteiger partial charge in [0.05, 0.1) is 20.8 Å². The van der Waals surface area contributed by atoms with Crippen molar-refractivity contribution in [3.05, 3.63) is 164 Å². The predicted molar refractivity (Wildman–Crippen MR) is 188 cm³/mol. The van der Waals surface area contributed by atoms with Crippen LogP contribution >= 0.6 is 0 Å². The molecule has 1 aliphatic heterocycles. The molecule has 6 rings (SSSR count). The van der Waals surface area contributed by atoms with Crippen molar-refractivity contribution in [2.45, 2.75) is 36.7 Å². The summed E-state index contributed by atoms with van der Waals surface area (Å²) in [5.41, 5.74) is -0.0316. The number of benzene rings is 4. The number of carbonyl (C=O) groups is 1. The van der Waals surface area contributed by atoms with E-state index in [1.165, 1.54) is 7.11 Å². The molecule has 3 N–H and O–H groups in total. The van der Waals surface area contributed by atoms with Gasteiger partial charge in [0.1, 0.15) is 41.0 Å². The van der Waals surface area contributed by atoms with Gasteiger partial charge in [0.2, 0.25) is 0 Å². The largest absolute Gasteiger partial charge is 0.497 e. The molecule has 0 spiro atoms. The quantitative estimate of drug-likeness (QED) is 0.157. The minimum Gasteiger partial charge on any atom is -0.497 e. The van der Waals surface area contributed by atoms with Crippen LogP contribution < -0.4 is 26.0 Å². The second-order valence-electron chi connectivity index (χ2n) is 11.9. The van der Waals surface area contributed by atoms with Gasteiger partial charge >= 0.3 is 5.69 Å². The molecule has 12 nitrogen and oxygen atoms in total. The highest BCUT2D eigenvalue weighted by Gasteiger charge is 2.48. The molecule has 0 aliphatic carbocycles. The second-order valence-corrected chi connectivity index (χ2v) is 11.9. The number of rotatable bonds is 13. The number of aliphatic hydroxyl groups is 1. The van der Waals surface area contributed by atoms with Crippen LogP contribution in [0, 0.1) is 0 Å². The lowest BCUT2D eigenvalue weighted by Gasteiger charge is -2.37. The van der Waals surface area contributed by atoms with Crippen LogP contribution in [0.15, 0.2) is 125 Å². The topological polar surface area (TPSA) is 150 Å². The second kappa shape index (κ2) is 15.6. The van der Waals surface area contributed by atoms with E-state index in [4.69, 9.17) is 23.7 Å². The minimum atomic E-state index is -1.27. The minimum absolute atomic E-state index is 0.160. The number of nitrogens with zero attached hydrogens (tertiary/aromatic N) is 1. The molecule has 0 bridgehead atoms. The van der Waals surface area contributed by atoms with Crippen molar-refractivity contribution in [1.82, 2.24) is 14.9 Å². The van der Waals surface area contributed by atoms with Crippen LogP contribution in [0.1, 0.15) is 38.8 Å². The Morgan fingerprint density at radius 3 is 1.92 bits per heavy atom. The summed E-state index contributed by atoms with van der Waals surface area (Å²) < 4.78 is 30.8. The third-order valence-corrected chi connectivity index (χ3v) is 9.00. The van der Waals surface area contributed by atoms with Crippen molar-refractivity contribution >= 4 is 5.91 Å². The average molecular weight is 694 g/mol. The number of aliphatic hydroxyl groups excluding tert-OH is 1.